The number of anilines is 1. The van der Waals surface area contributed by atoms with Crippen LogP contribution in [0.25, 0.3) is 0 Å². The molecular formula is C20H16BrN3O4. The van der Waals surface area contributed by atoms with Crippen LogP contribution >= 0.6 is 15.9 Å². The van der Waals surface area contributed by atoms with Crippen LogP contribution in [0.1, 0.15) is 15.9 Å². The van der Waals surface area contributed by atoms with Crippen LogP contribution in [-0.2, 0) is 9.53 Å². The molecule has 3 rings (SSSR count). The molecule has 1 amide bonds. The molecule has 3 aromatic rings. The van der Waals surface area contributed by atoms with Crippen LogP contribution in [0.5, 0.6) is 11.6 Å². The summed E-state index contributed by atoms with van der Waals surface area (Å²) < 4.78 is 11.6. The van der Waals surface area contributed by atoms with Crippen LogP contribution in [0.3, 0.4) is 0 Å². The van der Waals surface area contributed by atoms with E-state index in [0.717, 1.165) is 10.0 Å². The zero-order valence-electron chi connectivity index (χ0n) is 14.9. The number of carbonyl (C=O) groups is 2. The quantitative estimate of drug-likeness (QED) is 0.578. The number of rotatable bonds is 6. The fourth-order valence-electron chi connectivity index (χ4n) is 2.27. The highest BCUT2D eigenvalue weighted by Gasteiger charge is 2.17. The monoisotopic (exact) mass is 441 g/mol. The maximum Gasteiger partial charge on any atom is 0.344 e. The predicted octanol–water partition coefficient (Wildman–Crippen LogP) is 4.14. The topological polar surface area (TPSA) is 90.4 Å². The predicted molar refractivity (Wildman–Crippen MR) is 106 cm³/mol. The van der Waals surface area contributed by atoms with E-state index in [9.17, 15) is 9.59 Å². The molecule has 1 aromatic carbocycles. The number of halogens is 1. The van der Waals surface area contributed by atoms with Crippen molar-refractivity contribution in [1.29, 1.82) is 0 Å². The molecule has 0 aliphatic rings. The van der Waals surface area contributed by atoms with Gasteiger partial charge in [-0.05, 0) is 55.0 Å². The summed E-state index contributed by atoms with van der Waals surface area (Å²) in [4.78, 5) is 32.4. The van der Waals surface area contributed by atoms with Crippen molar-refractivity contribution in [2.75, 3.05) is 11.9 Å². The summed E-state index contributed by atoms with van der Waals surface area (Å²) in [5, 5.41) is 2.68. The molecule has 0 atom stereocenters. The third-order valence-electron chi connectivity index (χ3n) is 3.62. The molecule has 1 N–H and O–H groups in total. The number of hydrogen-bond acceptors (Lipinski definition) is 6. The minimum Gasteiger partial charge on any atom is -0.452 e. The lowest BCUT2D eigenvalue weighted by molar-refractivity contribution is -0.119. The first-order chi connectivity index (χ1) is 13.5. The molecule has 28 heavy (non-hydrogen) atoms. The highest BCUT2D eigenvalue weighted by molar-refractivity contribution is 9.10. The van der Waals surface area contributed by atoms with Gasteiger partial charge < -0.3 is 14.8 Å². The maximum absolute atomic E-state index is 12.4. The summed E-state index contributed by atoms with van der Waals surface area (Å²) in [6, 6.07) is 11.9. The van der Waals surface area contributed by atoms with E-state index in [1.165, 1.54) is 18.5 Å². The molecule has 0 radical (unpaired) electrons. The molecule has 0 aliphatic carbocycles. The molecule has 0 aliphatic heterocycles. The van der Waals surface area contributed by atoms with Crippen molar-refractivity contribution in [3.05, 3.63) is 76.7 Å². The first kappa shape index (κ1) is 19.5. The van der Waals surface area contributed by atoms with E-state index in [-0.39, 0.29) is 11.4 Å². The Balaban J connectivity index is 1.61. The van der Waals surface area contributed by atoms with Gasteiger partial charge in [-0.3, -0.25) is 9.78 Å². The summed E-state index contributed by atoms with van der Waals surface area (Å²) in [5.41, 5.74) is 1.70. The van der Waals surface area contributed by atoms with Crippen molar-refractivity contribution in [3.63, 3.8) is 0 Å². The number of aromatic nitrogens is 2. The van der Waals surface area contributed by atoms with Crippen molar-refractivity contribution in [2.45, 2.75) is 6.92 Å². The summed E-state index contributed by atoms with van der Waals surface area (Å²) >= 11 is 3.40. The van der Waals surface area contributed by atoms with E-state index in [2.05, 4.69) is 31.2 Å². The number of amides is 1. The molecule has 0 saturated carbocycles. The van der Waals surface area contributed by atoms with Crippen molar-refractivity contribution >= 4 is 33.5 Å². The Hall–Kier alpha value is -3.26. The van der Waals surface area contributed by atoms with Crippen LogP contribution < -0.4 is 10.1 Å². The van der Waals surface area contributed by atoms with E-state index in [4.69, 9.17) is 9.47 Å². The molecule has 0 saturated heterocycles. The number of aryl methyl sites for hydroxylation is 1. The largest absolute Gasteiger partial charge is 0.452 e. The Bertz CT molecular complexity index is 996. The summed E-state index contributed by atoms with van der Waals surface area (Å²) in [7, 11) is 0. The first-order valence-electron chi connectivity index (χ1n) is 8.29. The van der Waals surface area contributed by atoms with Crippen molar-refractivity contribution in [3.8, 4) is 11.6 Å². The van der Waals surface area contributed by atoms with E-state index >= 15 is 0 Å². The van der Waals surface area contributed by atoms with E-state index in [0.29, 0.717) is 11.4 Å². The summed E-state index contributed by atoms with van der Waals surface area (Å²) in [6.07, 6.45) is 4.59. The molecule has 0 bridgehead atoms. The molecule has 2 aromatic heterocycles. The highest BCUT2D eigenvalue weighted by atomic mass is 79.9. The van der Waals surface area contributed by atoms with Crippen LogP contribution in [0.2, 0.25) is 0 Å². The molecule has 7 nitrogen and oxygen atoms in total. The van der Waals surface area contributed by atoms with Gasteiger partial charge in [-0.2, -0.15) is 0 Å². The Kier molecular flexibility index (Phi) is 6.33. The maximum atomic E-state index is 12.4. The number of nitrogens with one attached hydrogen (secondary N) is 1. The fraction of sp³-hybridized carbons (Fsp3) is 0.100. The lowest BCUT2D eigenvalue weighted by Gasteiger charge is -2.10. The summed E-state index contributed by atoms with van der Waals surface area (Å²) in [6.45, 7) is 1.47. The number of esters is 1. The second kappa shape index (κ2) is 9.09. The van der Waals surface area contributed by atoms with Crippen LogP contribution in [0, 0.1) is 6.92 Å². The van der Waals surface area contributed by atoms with Crippen LogP contribution in [-0.4, -0.2) is 28.5 Å². The molecule has 8 heteroatoms. The van der Waals surface area contributed by atoms with Gasteiger partial charge in [0.15, 0.2) is 6.61 Å². The van der Waals surface area contributed by atoms with Crippen molar-refractivity contribution < 1.29 is 19.1 Å². The number of pyridine rings is 2. The standard InChI is InChI=1S/C20H16BrN3O4/c1-13-10-14(6-7-17(13)21)24-18(25)12-27-20(26)16-5-3-9-23-19(16)28-15-4-2-8-22-11-15/h2-11H,12H2,1H3,(H,24,25). The van der Waals surface area contributed by atoms with Gasteiger partial charge in [0.05, 0.1) is 6.20 Å². The van der Waals surface area contributed by atoms with Gasteiger partial charge in [0.2, 0.25) is 5.88 Å². The minimum atomic E-state index is -0.714. The third kappa shape index (κ3) is 5.14. The lowest BCUT2D eigenvalue weighted by atomic mass is 10.2. The number of ether oxygens (including phenoxy) is 2. The Morgan fingerprint density at radius 3 is 2.71 bits per heavy atom. The Labute approximate surface area is 169 Å². The number of nitrogens with zero attached hydrogens (tertiary/aromatic N) is 2. The lowest BCUT2D eigenvalue weighted by Crippen LogP contribution is -2.21. The van der Waals surface area contributed by atoms with E-state index in [1.54, 1.807) is 30.5 Å². The van der Waals surface area contributed by atoms with Gasteiger partial charge >= 0.3 is 5.97 Å². The van der Waals surface area contributed by atoms with Gasteiger partial charge in [-0.25, -0.2) is 9.78 Å². The number of carbonyl (C=O) groups excluding carboxylic acids is 2. The normalized spacial score (nSPS) is 10.2. The highest BCUT2D eigenvalue weighted by Crippen LogP contribution is 2.23. The second-order valence-electron chi connectivity index (χ2n) is 5.74. The zero-order valence-corrected chi connectivity index (χ0v) is 16.5. The average Bonchev–Trinajstić information content (AvgIpc) is 2.70. The average molecular weight is 442 g/mol. The molecule has 142 valence electrons. The van der Waals surface area contributed by atoms with Crippen LogP contribution in [0.15, 0.2) is 65.5 Å². The molecule has 2 heterocycles. The fourth-order valence-corrected chi connectivity index (χ4v) is 2.52. The molecule has 0 spiro atoms. The number of hydrogen-bond donors (Lipinski definition) is 1. The van der Waals surface area contributed by atoms with Gasteiger partial charge in [0, 0.05) is 22.6 Å². The minimum absolute atomic E-state index is 0.0736. The molecule has 0 unspecified atom stereocenters. The smallest absolute Gasteiger partial charge is 0.344 e. The van der Waals surface area contributed by atoms with E-state index < -0.39 is 18.5 Å². The summed E-state index contributed by atoms with van der Waals surface area (Å²) in [5.74, 6) is -0.661. The molecule has 0 fully saturated rings. The Morgan fingerprint density at radius 2 is 1.96 bits per heavy atom. The van der Waals surface area contributed by atoms with Crippen molar-refractivity contribution in [1.82, 2.24) is 9.97 Å². The van der Waals surface area contributed by atoms with E-state index in [1.807, 2.05) is 19.1 Å². The SMILES string of the molecule is Cc1cc(NC(=O)COC(=O)c2cccnc2Oc2cccnc2)ccc1Br. The molecular weight excluding hydrogens is 426 g/mol. The first-order valence-corrected chi connectivity index (χ1v) is 9.08. The zero-order chi connectivity index (χ0) is 19.9. The van der Waals surface area contributed by atoms with Gasteiger partial charge in [-0.15, -0.1) is 0 Å². The van der Waals surface area contributed by atoms with Gasteiger partial charge in [0.1, 0.15) is 11.3 Å². The Morgan fingerprint density at radius 1 is 1.14 bits per heavy atom. The van der Waals surface area contributed by atoms with Gasteiger partial charge in [0.25, 0.3) is 5.91 Å². The second-order valence-corrected chi connectivity index (χ2v) is 6.59. The third-order valence-corrected chi connectivity index (χ3v) is 4.51. The van der Waals surface area contributed by atoms with Gasteiger partial charge in [-0.1, -0.05) is 15.9 Å². The van der Waals surface area contributed by atoms with Crippen LogP contribution in [0.4, 0.5) is 5.69 Å². The van der Waals surface area contributed by atoms with Crippen molar-refractivity contribution in [2.24, 2.45) is 0 Å². The number of benzene rings is 1.